The molecule has 1 aromatic carbocycles. The average Bonchev–Trinajstić information content (AvgIpc) is 3.52. The van der Waals surface area contributed by atoms with Gasteiger partial charge in [0.15, 0.2) is 5.96 Å². The van der Waals surface area contributed by atoms with Crippen LogP contribution in [0.4, 0.5) is 0 Å². The average molecular weight is 484 g/mol. The van der Waals surface area contributed by atoms with E-state index in [1.807, 2.05) is 6.07 Å². The molecule has 0 bridgehead atoms. The summed E-state index contributed by atoms with van der Waals surface area (Å²) in [5.41, 5.74) is 1.30. The lowest BCUT2D eigenvalue weighted by Crippen LogP contribution is -2.49. The maximum absolute atomic E-state index is 5.78. The Labute approximate surface area is 180 Å². The molecule has 6 heteroatoms. The molecule has 1 unspecified atom stereocenters. The van der Waals surface area contributed by atoms with Crippen molar-refractivity contribution in [2.24, 2.45) is 4.99 Å². The molecule has 1 saturated heterocycles. The summed E-state index contributed by atoms with van der Waals surface area (Å²) in [6, 6.07) is 9.84. The van der Waals surface area contributed by atoms with Crippen LogP contribution in [0.25, 0.3) is 0 Å². The Kier molecular flexibility index (Phi) is 7.64. The zero-order chi connectivity index (χ0) is 17.8. The van der Waals surface area contributed by atoms with Gasteiger partial charge in [-0.1, -0.05) is 18.2 Å². The van der Waals surface area contributed by atoms with E-state index in [1.165, 1.54) is 44.3 Å². The maximum Gasteiger partial charge on any atom is 0.191 e. The van der Waals surface area contributed by atoms with E-state index in [-0.39, 0.29) is 24.0 Å². The Balaban J connectivity index is 0.00000210. The lowest BCUT2D eigenvalue weighted by molar-refractivity contribution is 0.197. The highest BCUT2D eigenvalue weighted by molar-refractivity contribution is 14.0. The van der Waals surface area contributed by atoms with Crippen molar-refractivity contribution in [2.75, 3.05) is 32.8 Å². The van der Waals surface area contributed by atoms with Crippen LogP contribution in [0.3, 0.4) is 0 Å². The summed E-state index contributed by atoms with van der Waals surface area (Å²) in [4.78, 5) is 7.59. The molecule has 2 heterocycles. The van der Waals surface area contributed by atoms with Crippen LogP contribution < -0.4 is 15.4 Å². The van der Waals surface area contributed by atoms with Crippen molar-refractivity contribution in [1.82, 2.24) is 15.5 Å². The SMILES string of the molecule is CCNC(=NCC1CCOc2ccccc21)NC1CCN(C2CC2)CC1.I. The Hall–Kier alpha value is -1.02. The number of fused-ring (bicyclic) bond motifs is 1. The van der Waals surface area contributed by atoms with Crippen LogP contribution in [0, 0.1) is 0 Å². The molecule has 2 aliphatic heterocycles. The molecule has 150 valence electrons. The Morgan fingerprint density at radius 3 is 2.67 bits per heavy atom. The summed E-state index contributed by atoms with van der Waals surface area (Å²) in [7, 11) is 0. The van der Waals surface area contributed by atoms with Gasteiger partial charge in [0, 0.05) is 44.2 Å². The summed E-state index contributed by atoms with van der Waals surface area (Å²) in [5, 5.41) is 7.12. The van der Waals surface area contributed by atoms with E-state index in [0.29, 0.717) is 12.0 Å². The highest BCUT2D eigenvalue weighted by Gasteiger charge is 2.32. The molecule has 4 rings (SSSR count). The molecular formula is C21H33IN4O. The lowest BCUT2D eigenvalue weighted by Gasteiger charge is -2.33. The number of nitrogens with one attached hydrogen (secondary N) is 2. The highest BCUT2D eigenvalue weighted by atomic mass is 127. The van der Waals surface area contributed by atoms with Crippen LogP contribution in [0.15, 0.2) is 29.3 Å². The first-order chi connectivity index (χ1) is 12.8. The molecule has 0 aromatic heterocycles. The van der Waals surface area contributed by atoms with Crippen LogP contribution in [0.5, 0.6) is 5.75 Å². The fourth-order valence-corrected chi connectivity index (χ4v) is 4.17. The first-order valence-electron chi connectivity index (χ1n) is 10.3. The monoisotopic (exact) mass is 484 g/mol. The van der Waals surface area contributed by atoms with E-state index in [1.54, 1.807) is 0 Å². The third-order valence-electron chi connectivity index (χ3n) is 5.83. The molecule has 3 aliphatic rings. The number of hydrogen-bond donors (Lipinski definition) is 2. The molecule has 0 spiro atoms. The summed E-state index contributed by atoms with van der Waals surface area (Å²) in [6.07, 6.45) is 6.31. The number of ether oxygens (including phenoxy) is 1. The maximum atomic E-state index is 5.78. The molecule has 1 aromatic rings. The molecule has 0 radical (unpaired) electrons. The van der Waals surface area contributed by atoms with Crippen molar-refractivity contribution in [1.29, 1.82) is 0 Å². The first-order valence-corrected chi connectivity index (χ1v) is 10.3. The van der Waals surface area contributed by atoms with Crippen molar-refractivity contribution in [3.8, 4) is 5.75 Å². The van der Waals surface area contributed by atoms with Gasteiger partial charge in [0.1, 0.15) is 5.75 Å². The van der Waals surface area contributed by atoms with E-state index in [9.17, 15) is 0 Å². The smallest absolute Gasteiger partial charge is 0.191 e. The van der Waals surface area contributed by atoms with Crippen LogP contribution in [0.2, 0.25) is 0 Å². The normalized spacial score (nSPS) is 23.7. The van der Waals surface area contributed by atoms with Gasteiger partial charge < -0.3 is 20.3 Å². The van der Waals surface area contributed by atoms with Crippen molar-refractivity contribution < 1.29 is 4.74 Å². The minimum absolute atomic E-state index is 0. The van der Waals surface area contributed by atoms with Crippen molar-refractivity contribution in [2.45, 2.75) is 57.0 Å². The molecule has 2 N–H and O–H groups in total. The number of halogens is 1. The quantitative estimate of drug-likeness (QED) is 0.383. The second-order valence-electron chi connectivity index (χ2n) is 7.78. The molecule has 1 atom stereocenters. The summed E-state index contributed by atoms with van der Waals surface area (Å²) >= 11 is 0. The number of piperidine rings is 1. The number of benzene rings is 1. The Bertz CT molecular complexity index is 626. The van der Waals surface area contributed by atoms with Gasteiger partial charge in [0.25, 0.3) is 0 Å². The fraction of sp³-hybridized carbons (Fsp3) is 0.667. The van der Waals surface area contributed by atoms with Crippen LogP contribution in [-0.4, -0.2) is 55.7 Å². The topological polar surface area (TPSA) is 48.9 Å². The standard InChI is InChI=1S/C21H32N4O.HI/c1-2-22-21(24-17-9-12-25(13-10-17)18-7-8-18)23-15-16-11-14-26-20-6-4-3-5-19(16)20;/h3-6,16-18H,2,7-15H2,1H3,(H2,22,23,24);1H. The minimum atomic E-state index is 0. The van der Waals surface area contributed by atoms with Crippen molar-refractivity contribution in [3.63, 3.8) is 0 Å². The number of rotatable bonds is 5. The third-order valence-corrected chi connectivity index (χ3v) is 5.83. The van der Waals surface area contributed by atoms with Crippen molar-refractivity contribution >= 4 is 29.9 Å². The molecule has 1 aliphatic carbocycles. The lowest BCUT2D eigenvalue weighted by atomic mass is 9.93. The zero-order valence-electron chi connectivity index (χ0n) is 16.3. The van der Waals surface area contributed by atoms with Gasteiger partial charge in [0.2, 0.25) is 0 Å². The van der Waals surface area contributed by atoms with Gasteiger partial charge in [-0.25, -0.2) is 0 Å². The van der Waals surface area contributed by atoms with Gasteiger partial charge in [-0.05, 0) is 50.7 Å². The predicted octanol–water partition coefficient (Wildman–Crippen LogP) is 3.35. The van der Waals surface area contributed by atoms with E-state index >= 15 is 0 Å². The van der Waals surface area contributed by atoms with Crippen LogP contribution in [0.1, 0.15) is 50.5 Å². The van der Waals surface area contributed by atoms with Gasteiger partial charge >= 0.3 is 0 Å². The van der Waals surface area contributed by atoms with E-state index in [4.69, 9.17) is 9.73 Å². The summed E-state index contributed by atoms with van der Waals surface area (Å²) in [6.45, 7) is 7.11. The number of aliphatic imine (C=N–C) groups is 1. The predicted molar refractivity (Wildman–Crippen MR) is 121 cm³/mol. The summed E-state index contributed by atoms with van der Waals surface area (Å²) in [5.74, 6) is 2.46. The number of hydrogen-bond acceptors (Lipinski definition) is 3. The molecule has 2 fully saturated rings. The first kappa shape index (κ1) is 20.7. The molecule has 27 heavy (non-hydrogen) atoms. The second-order valence-corrected chi connectivity index (χ2v) is 7.78. The molecular weight excluding hydrogens is 451 g/mol. The Morgan fingerprint density at radius 1 is 1.15 bits per heavy atom. The van der Waals surface area contributed by atoms with Crippen LogP contribution in [-0.2, 0) is 0 Å². The van der Waals surface area contributed by atoms with Gasteiger partial charge in [-0.2, -0.15) is 0 Å². The number of likely N-dealkylation sites (tertiary alicyclic amines) is 1. The highest BCUT2D eigenvalue weighted by Crippen LogP contribution is 2.33. The third kappa shape index (κ3) is 5.50. The summed E-state index contributed by atoms with van der Waals surface area (Å²) < 4.78 is 5.78. The Morgan fingerprint density at radius 2 is 1.93 bits per heavy atom. The largest absolute Gasteiger partial charge is 0.493 e. The molecule has 5 nitrogen and oxygen atoms in total. The van der Waals surface area contributed by atoms with E-state index in [0.717, 1.165) is 43.9 Å². The second kappa shape index (κ2) is 9.96. The molecule has 0 amide bonds. The zero-order valence-corrected chi connectivity index (χ0v) is 18.7. The minimum Gasteiger partial charge on any atom is -0.493 e. The van der Waals surface area contributed by atoms with Gasteiger partial charge in [-0.3, -0.25) is 4.99 Å². The fourth-order valence-electron chi connectivity index (χ4n) is 4.17. The van der Waals surface area contributed by atoms with Crippen LogP contribution >= 0.6 is 24.0 Å². The number of nitrogens with zero attached hydrogens (tertiary/aromatic N) is 2. The number of guanidine groups is 1. The number of para-hydroxylation sites is 1. The molecule has 1 saturated carbocycles. The van der Waals surface area contributed by atoms with Gasteiger partial charge in [0.05, 0.1) is 6.61 Å². The van der Waals surface area contributed by atoms with E-state index < -0.39 is 0 Å². The van der Waals surface area contributed by atoms with E-state index in [2.05, 4.69) is 40.7 Å². The van der Waals surface area contributed by atoms with Gasteiger partial charge in [-0.15, -0.1) is 24.0 Å². The van der Waals surface area contributed by atoms with Crippen molar-refractivity contribution in [3.05, 3.63) is 29.8 Å².